The molecule has 0 radical (unpaired) electrons. The lowest BCUT2D eigenvalue weighted by Crippen LogP contribution is -2.35. The van der Waals surface area contributed by atoms with Crippen LogP contribution in [-0.4, -0.2) is 32.3 Å². The first kappa shape index (κ1) is 18.6. The highest BCUT2D eigenvalue weighted by Crippen LogP contribution is 2.23. The van der Waals surface area contributed by atoms with Crippen LogP contribution in [0.25, 0.3) is 0 Å². The number of halogens is 1. The van der Waals surface area contributed by atoms with Gasteiger partial charge in [0.25, 0.3) is 0 Å². The summed E-state index contributed by atoms with van der Waals surface area (Å²) in [6, 6.07) is 13.9. The molecular weight excluding hydrogens is 394 g/mol. The number of aryl methyl sites for hydroxylation is 1. The van der Waals surface area contributed by atoms with E-state index in [0.717, 1.165) is 19.9 Å². The van der Waals surface area contributed by atoms with Gasteiger partial charge >= 0.3 is 5.97 Å². The fraction of sp³-hybridized carbons (Fsp3) is 0.235. The Morgan fingerprint density at radius 2 is 1.83 bits per heavy atom. The monoisotopic (exact) mass is 411 g/mol. The van der Waals surface area contributed by atoms with Crippen LogP contribution in [0.2, 0.25) is 0 Å². The predicted molar refractivity (Wildman–Crippen MR) is 94.9 cm³/mol. The van der Waals surface area contributed by atoms with E-state index in [4.69, 9.17) is 0 Å². The summed E-state index contributed by atoms with van der Waals surface area (Å²) in [5, 5.41) is 0. The van der Waals surface area contributed by atoms with Crippen molar-refractivity contribution in [3.63, 3.8) is 0 Å². The molecule has 0 aliphatic rings. The molecule has 24 heavy (non-hydrogen) atoms. The van der Waals surface area contributed by atoms with Crippen LogP contribution in [0.3, 0.4) is 0 Å². The summed E-state index contributed by atoms with van der Waals surface area (Å²) >= 11 is 3.36. The molecule has 5 nitrogen and oxygen atoms in total. The third-order valence-corrected chi connectivity index (χ3v) is 6.18. The standard InChI is InChI=1S/C17H18BrNO4S/c1-13-10-15(8-9-16(13)18)24(21,22)19(12-17(20)23-2)11-14-6-4-3-5-7-14/h3-10H,11-12H2,1-2H3. The van der Waals surface area contributed by atoms with Crippen molar-refractivity contribution in [2.75, 3.05) is 13.7 Å². The maximum Gasteiger partial charge on any atom is 0.321 e. The second kappa shape index (κ2) is 7.92. The van der Waals surface area contributed by atoms with Gasteiger partial charge in [-0.1, -0.05) is 46.3 Å². The van der Waals surface area contributed by atoms with Gasteiger partial charge in [0, 0.05) is 11.0 Å². The molecule has 0 N–H and O–H groups in total. The van der Waals surface area contributed by atoms with Crippen LogP contribution in [-0.2, 0) is 26.1 Å². The van der Waals surface area contributed by atoms with E-state index in [1.807, 2.05) is 37.3 Å². The summed E-state index contributed by atoms with van der Waals surface area (Å²) in [4.78, 5) is 11.8. The largest absolute Gasteiger partial charge is 0.468 e. The SMILES string of the molecule is COC(=O)CN(Cc1ccccc1)S(=O)(=O)c1ccc(Br)c(C)c1. The van der Waals surface area contributed by atoms with Gasteiger partial charge in [-0.3, -0.25) is 4.79 Å². The molecule has 0 amide bonds. The molecule has 2 aromatic rings. The van der Waals surface area contributed by atoms with Crippen molar-refractivity contribution in [1.29, 1.82) is 0 Å². The summed E-state index contributed by atoms with van der Waals surface area (Å²) in [6.45, 7) is 1.56. The van der Waals surface area contributed by atoms with E-state index in [1.54, 1.807) is 12.1 Å². The molecule has 0 spiro atoms. The number of hydrogen-bond donors (Lipinski definition) is 0. The minimum absolute atomic E-state index is 0.0907. The van der Waals surface area contributed by atoms with Crippen LogP contribution in [0.1, 0.15) is 11.1 Å². The normalized spacial score (nSPS) is 11.5. The zero-order chi connectivity index (χ0) is 17.7. The highest BCUT2D eigenvalue weighted by molar-refractivity contribution is 9.10. The molecule has 0 saturated heterocycles. The van der Waals surface area contributed by atoms with Crippen molar-refractivity contribution in [2.45, 2.75) is 18.4 Å². The number of esters is 1. The van der Waals surface area contributed by atoms with Crippen molar-refractivity contribution in [1.82, 2.24) is 4.31 Å². The Kier molecular flexibility index (Phi) is 6.15. The lowest BCUT2D eigenvalue weighted by atomic mass is 10.2. The van der Waals surface area contributed by atoms with Crippen molar-refractivity contribution >= 4 is 31.9 Å². The molecule has 0 fully saturated rings. The Labute approximate surface area is 150 Å². The zero-order valence-corrected chi connectivity index (χ0v) is 15.8. The Balaban J connectivity index is 2.40. The first-order valence-corrected chi connectivity index (χ1v) is 9.45. The van der Waals surface area contributed by atoms with Gasteiger partial charge in [-0.05, 0) is 36.2 Å². The van der Waals surface area contributed by atoms with Crippen LogP contribution in [0.15, 0.2) is 57.9 Å². The van der Waals surface area contributed by atoms with E-state index in [2.05, 4.69) is 20.7 Å². The minimum atomic E-state index is -3.83. The Bertz CT molecular complexity index is 822. The maximum absolute atomic E-state index is 13.0. The second-order valence-corrected chi connectivity index (χ2v) is 8.04. The maximum atomic E-state index is 13.0. The van der Waals surface area contributed by atoms with Gasteiger partial charge in [-0.2, -0.15) is 4.31 Å². The van der Waals surface area contributed by atoms with Gasteiger partial charge in [0.1, 0.15) is 6.54 Å². The van der Waals surface area contributed by atoms with Gasteiger partial charge in [-0.25, -0.2) is 8.42 Å². The fourth-order valence-electron chi connectivity index (χ4n) is 2.15. The molecule has 0 atom stereocenters. The quantitative estimate of drug-likeness (QED) is 0.684. The van der Waals surface area contributed by atoms with Crippen LogP contribution in [0.5, 0.6) is 0 Å². The Morgan fingerprint density at radius 3 is 2.42 bits per heavy atom. The fourth-order valence-corrected chi connectivity index (χ4v) is 3.85. The van der Waals surface area contributed by atoms with Gasteiger partial charge in [0.15, 0.2) is 0 Å². The molecule has 0 bridgehead atoms. The molecule has 0 unspecified atom stereocenters. The van der Waals surface area contributed by atoms with Gasteiger partial charge < -0.3 is 4.74 Å². The van der Waals surface area contributed by atoms with Crippen LogP contribution in [0, 0.1) is 6.92 Å². The lowest BCUT2D eigenvalue weighted by Gasteiger charge is -2.21. The zero-order valence-electron chi connectivity index (χ0n) is 13.4. The summed E-state index contributed by atoms with van der Waals surface area (Å²) in [5.74, 6) is -0.608. The first-order valence-electron chi connectivity index (χ1n) is 7.21. The molecule has 7 heteroatoms. The number of methoxy groups -OCH3 is 1. The van der Waals surface area contributed by atoms with E-state index >= 15 is 0 Å². The molecule has 128 valence electrons. The van der Waals surface area contributed by atoms with Crippen LogP contribution < -0.4 is 0 Å². The summed E-state index contributed by atoms with van der Waals surface area (Å²) in [7, 11) is -2.60. The van der Waals surface area contributed by atoms with Crippen LogP contribution >= 0.6 is 15.9 Å². The van der Waals surface area contributed by atoms with Crippen molar-refractivity contribution in [3.05, 3.63) is 64.1 Å². The Hall–Kier alpha value is -1.70. The molecule has 0 aliphatic heterocycles. The van der Waals surface area contributed by atoms with E-state index in [-0.39, 0.29) is 18.0 Å². The molecule has 0 heterocycles. The topological polar surface area (TPSA) is 63.7 Å². The molecule has 0 aliphatic carbocycles. The molecule has 0 aromatic heterocycles. The number of benzene rings is 2. The smallest absolute Gasteiger partial charge is 0.321 e. The Morgan fingerprint density at radius 1 is 1.17 bits per heavy atom. The number of carbonyl (C=O) groups excluding carboxylic acids is 1. The minimum Gasteiger partial charge on any atom is -0.468 e. The van der Waals surface area contributed by atoms with E-state index in [0.29, 0.717) is 0 Å². The summed E-state index contributed by atoms with van der Waals surface area (Å²) in [5.41, 5.74) is 1.59. The summed E-state index contributed by atoms with van der Waals surface area (Å²) in [6.07, 6.45) is 0. The average Bonchev–Trinajstić information content (AvgIpc) is 2.57. The van der Waals surface area contributed by atoms with Gasteiger partial charge in [0.2, 0.25) is 10.0 Å². The number of rotatable bonds is 6. The molecular formula is C17H18BrNO4S. The van der Waals surface area contributed by atoms with Crippen molar-refractivity contribution in [2.24, 2.45) is 0 Å². The molecule has 2 rings (SSSR count). The number of nitrogens with zero attached hydrogens (tertiary/aromatic N) is 1. The van der Waals surface area contributed by atoms with Crippen molar-refractivity contribution < 1.29 is 17.9 Å². The molecule has 0 saturated carbocycles. The van der Waals surface area contributed by atoms with Crippen molar-refractivity contribution in [3.8, 4) is 0 Å². The number of sulfonamides is 1. The van der Waals surface area contributed by atoms with Gasteiger partial charge in [-0.15, -0.1) is 0 Å². The molecule has 2 aromatic carbocycles. The van der Waals surface area contributed by atoms with E-state index < -0.39 is 16.0 Å². The number of carbonyl (C=O) groups is 1. The highest BCUT2D eigenvalue weighted by Gasteiger charge is 2.27. The predicted octanol–water partition coefficient (Wildman–Crippen LogP) is 3.12. The lowest BCUT2D eigenvalue weighted by molar-refractivity contribution is -0.140. The van der Waals surface area contributed by atoms with E-state index in [1.165, 1.54) is 13.2 Å². The first-order chi connectivity index (χ1) is 11.3. The van der Waals surface area contributed by atoms with Gasteiger partial charge in [0.05, 0.1) is 12.0 Å². The second-order valence-electron chi connectivity index (χ2n) is 5.25. The highest BCUT2D eigenvalue weighted by atomic mass is 79.9. The summed E-state index contributed by atoms with van der Waals surface area (Å²) < 4.78 is 32.5. The van der Waals surface area contributed by atoms with E-state index in [9.17, 15) is 13.2 Å². The average molecular weight is 412 g/mol. The number of ether oxygens (including phenoxy) is 1. The number of hydrogen-bond acceptors (Lipinski definition) is 4. The third-order valence-electron chi connectivity index (χ3n) is 3.50. The van der Waals surface area contributed by atoms with Crippen LogP contribution in [0.4, 0.5) is 0 Å². The third kappa shape index (κ3) is 4.43.